The summed E-state index contributed by atoms with van der Waals surface area (Å²) in [4.78, 5) is 93.0. The summed E-state index contributed by atoms with van der Waals surface area (Å²) in [5.41, 5.74) is 13.3. The number of aliphatic carboxylic acids is 1. The summed E-state index contributed by atoms with van der Waals surface area (Å²) in [6.45, 7) is -0.808. The first-order chi connectivity index (χ1) is 20.0. The molecule has 0 saturated carbocycles. The van der Waals surface area contributed by atoms with Crippen LogP contribution in [0.2, 0.25) is 0 Å². The molecule has 1 aromatic carbocycles. The zero-order chi connectivity index (χ0) is 32.1. The largest absolute Gasteiger partial charge is 1.00 e. The molecule has 0 aliphatic heterocycles. The second-order valence-corrected chi connectivity index (χ2v) is 13.2. The zero-order valence-corrected chi connectivity index (χ0v) is 27.2. The maximum Gasteiger partial charge on any atom is 1.00 e. The number of carbonyl (C=O) groups is 3. The predicted octanol–water partition coefficient (Wildman–Crippen LogP) is -4.65. The molecule has 0 saturated heterocycles. The standard InChI is InChI=1S/C22H29N9O10P2.Na/c1-31(10-12-8-26-19-17(27-12)18(23)29-22(24)30-19)13-4-2-11(3-5-13)20(33)28-14(21(34)35)6-7-15(32)25-9-16(42(36,37)38)43(39,40)41;/h2-5,8,14,16H,6-7,9-10H2,1H3,(H,25,32)(H,28,33)(H,34,35)(H2,36,37,38)(H2,39,40,41)(H4,23,24,26,29,30);/q;+1/p-1. The van der Waals surface area contributed by atoms with Crippen LogP contribution >= 0.6 is 15.2 Å². The Kier molecular flexibility index (Phi) is 12.7. The van der Waals surface area contributed by atoms with Gasteiger partial charge in [0.1, 0.15) is 19.0 Å². The summed E-state index contributed by atoms with van der Waals surface area (Å²) in [7, 11) is -9.06. The average Bonchev–Trinajstić information content (AvgIpc) is 2.89. The van der Waals surface area contributed by atoms with Gasteiger partial charge in [0.15, 0.2) is 17.0 Å². The summed E-state index contributed by atoms with van der Waals surface area (Å²) >= 11 is 0. The van der Waals surface area contributed by atoms with Crippen LogP contribution in [-0.4, -0.2) is 82.5 Å². The number of nitrogen functional groups attached to an aromatic ring is 2. The van der Waals surface area contributed by atoms with Crippen LogP contribution < -0.4 is 61.5 Å². The molecule has 3 rings (SSSR count). The molecule has 0 fully saturated rings. The second-order valence-electron chi connectivity index (χ2n) is 9.24. The van der Waals surface area contributed by atoms with Gasteiger partial charge in [-0.05, 0) is 30.7 Å². The van der Waals surface area contributed by atoms with Crippen LogP contribution in [0.3, 0.4) is 0 Å². The third-order valence-corrected chi connectivity index (χ3v) is 9.65. The van der Waals surface area contributed by atoms with E-state index in [1.165, 1.54) is 18.3 Å². The van der Waals surface area contributed by atoms with E-state index in [0.717, 1.165) is 0 Å². The monoisotopic (exact) mass is 663 g/mol. The first-order valence-electron chi connectivity index (χ1n) is 12.2. The Morgan fingerprint density at radius 3 is 2.27 bits per heavy atom. The van der Waals surface area contributed by atoms with Gasteiger partial charge in [0.05, 0.1) is 18.4 Å². The van der Waals surface area contributed by atoms with Crippen LogP contribution in [0.4, 0.5) is 17.5 Å². The fourth-order valence-electron chi connectivity index (χ4n) is 3.75. The molecule has 232 valence electrons. The minimum Gasteiger partial charge on any atom is -0.778 e. The number of anilines is 3. The SMILES string of the molecule is CN(Cc1cnc2nc(N)nc(N)c2n1)c1ccc(C(=O)NC(CCC(=O)NCC(P(=O)([O-])O)P(=O)(O)O)C(=O)O)cc1.[Na+]. The number of nitrogens with two attached hydrogens (primary N) is 2. The number of aromatic nitrogens is 4. The van der Waals surface area contributed by atoms with Crippen molar-refractivity contribution in [2.24, 2.45) is 0 Å². The number of nitrogens with one attached hydrogen (secondary N) is 2. The summed E-state index contributed by atoms with van der Waals surface area (Å²) < 4.78 is 22.5. The second kappa shape index (κ2) is 15.2. The molecule has 3 aromatic rings. The summed E-state index contributed by atoms with van der Waals surface area (Å²) in [5.74, 6) is -3.13. The first-order valence-corrected chi connectivity index (χ1v) is 15.5. The summed E-state index contributed by atoms with van der Waals surface area (Å²) in [6, 6.07) is 4.59. The number of carboxylic acid groups (broad SMARTS) is 1. The molecular formula is C22H28N9NaO10P2. The Bertz CT molecular complexity index is 1600. The first kappa shape index (κ1) is 36.9. The molecular weight excluding hydrogens is 635 g/mol. The molecule has 0 spiro atoms. The third-order valence-electron chi connectivity index (χ3n) is 5.98. The number of carboxylic acids is 1. The quantitative estimate of drug-likeness (QED) is 0.0629. The number of hydrogen-bond donors (Lipinski definition) is 8. The van der Waals surface area contributed by atoms with Gasteiger partial charge in [0.2, 0.25) is 11.9 Å². The van der Waals surface area contributed by atoms with Crippen LogP contribution in [0, 0.1) is 0 Å². The smallest absolute Gasteiger partial charge is 0.778 e. The fraction of sp³-hybridized carbons (Fsp3) is 0.318. The number of hydrogen-bond acceptors (Lipinski definition) is 13. The molecule has 2 heterocycles. The van der Waals surface area contributed by atoms with Gasteiger partial charge in [0.25, 0.3) is 5.91 Å². The number of benzene rings is 1. The van der Waals surface area contributed by atoms with E-state index in [2.05, 4.69) is 25.3 Å². The van der Waals surface area contributed by atoms with Gasteiger partial charge in [0, 0.05) is 31.3 Å². The Labute approximate surface area is 271 Å². The van der Waals surface area contributed by atoms with Gasteiger partial charge in [-0.1, -0.05) is 0 Å². The predicted molar refractivity (Wildman–Crippen MR) is 149 cm³/mol. The van der Waals surface area contributed by atoms with Gasteiger partial charge in [-0.15, -0.1) is 0 Å². The van der Waals surface area contributed by atoms with E-state index in [1.807, 2.05) is 5.32 Å². The van der Waals surface area contributed by atoms with E-state index >= 15 is 0 Å². The molecule has 19 nitrogen and oxygen atoms in total. The van der Waals surface area contributed by atoms with Gasteiger partial charge >= 0.3 is 43.1 Å². The van der Waals surface area contributed by atoms with Gasteiger partial charge in [-0.2, -0.15) is 9.97 Å². The van der Waals surface area contributed by atoms with E-state index in [-0.39, 0.29) is 52.5 Å². The molecule has 0 radical (unpaired) electrons. The third kappa shape index (κ3) is 10.2. The Hall–Kier alpha value is -3.25. The minimum atomic E-state index is -5.50. The van der Waals surface area contributed by atoms with Crippen LogP contribution in [0.25, 0.3) is 11.2 Å². The average molecular weight is 663 g/mol. The Balaban J connectivity index is 0.00000675. The molecule has 22 heteroatoms. The van der Waals surface area contributed by atoms with E-state index in [4.69, 9.17) is 26.1 Å². The van der Waals surface area contributed by atoms with Crippen molar-refractivity contribution in [3.8, 4) is 0 Å². The Morgan fingerprint density at radius 1 is 1.07 bits per heavy atom. The van der Waals surface area contributed by atoms with Crippen LogP contribution in [0.5, 0.6) is 0 Å². The summed E-state index contributed by atoms with van der Waals surface area (Å²) in [5, 5.41) is 11.1. The fourth-order valence-corrected chi connectivity index (χ4v) is 5.92. The van der Waals surface area contributed by atoms with Crippen molar-refractivity contribution < 1.29 is 77.8 Å². The topological polar surface area (TPSA) is 320 Å². The molecule has 0 bridgehead atoms. The van der Waals surface area contributed by atoms with Gasteiger partial charge in [-0.25, -0.2) is 14.8 Å². The van der Waals surface area contributed by atoms with E-state index in [1.54, 1.807) is 24.1 Å². The van der Waals surface area contributed by atoms with Crippen molar-refractivity contribution in [3.63, 3.8) is 0 Å². The Morgan fingerprint density at radius 2 is 1.70 bits per heavy atom. The zero-order valence-electron chi connectivity index (χ0n) is 23.4. The summed E-state index contributed by atoms with van der Waals surface area (Å²) in [6.07, 6.45) is 0.521. The maximum absolute atomic E-state index is 12.7. The van der Waals surface area contributed by atoms with Crippen molar-refractivity contribution in [1.82, 2.24) is 30.6 Å². The van der Waals surface area contributed by atoms with Crippen LogP contribution in [-0.2, 0) is 25.3 Å². The van der Waals surface area contributed by atoms with Crippen LogP contribution in [0.15, 0.2) is 30.5 Å². The molecule has 0 aliphatic rings. The number of carbonyl (C=O) groups excluding carboxylic acids is 2. The molecule has 0 aliphatic carbocycles. The minimum absolute atomic E-state index is 0. The molecule has 3 atom stereocenters. The van der Waals surface area contributed by atoms with E-state index in [0.29, 0.717) is 23.4 Å². The number of amides is 2. The van der Waals surface area contributed by atoms with Gasteiger partial charge < -0.3 is 56.2 Å². The normalized spacial score (nSPS) is 14.0. The van der Waals surface area contributed by atoms with Crippen molar-refractivity contribution in [2.75, 3.05) is 30.0 Å². The molecule has 44 heavy (non-hydrogen) atoms. The molecule has 10 N–H and O–H groups in total. The van der Waals surface area contributed by atoms with E-state index in [9.17, 15) is 33.5 Å². The van der Waals surface area contributed by atoms with Gasteiger partial charge in [-0.3, -0.25) is 14.2 Å². The number of fused-ring (bicyclic) bond motifs is 1. The molecule has 3 unspecified atom stereocenters. The molecule has 2 amide bonds. The van der Waals surface area contributed by atoms with Crippen molar-refractivity contribution in [2.45, 2.75) is 30.8 Å². The van der Waals surface area contributed by atoms with E-state index < -0.39 is 63.8 Å². The number of nitrogens with zero attached hydrogens (tertiary/aromatic N) is 5. The van der Waals surface area contributed by atoms with Crippen LogP contribution in [0.1, 0.15) is 28.9 Å². The van der Waals surface area contributed by atoms with Crippen molar-refractivity contribution in [3.05, 3.63) is 41.7 Å². The number of rotatable bonds is 13. The molecule has 2 aromatic heterocycles. The van der Waals surface area contributed by atoms with Crippen molar-refractivity contribution >= 4 is 61.6 Å². The van der Waals surface area contributed by atoms with Crippen molar-refractivity contribution in [1.29, 1.82) is 0 Å². The maximum atomic E-state index is 12.7.